The third kappa shape index (κ3) is 4.83. The highest BCUT2D eigenvalue weighted by Gasteiger charge is 2.34. The van der Waals surface area contributed by atoms with Crippen LogP contribution in [0.4, 0.5) is 5.82 Å². The van der Waals surface area contributed by atoms with E-state index in [4.69, 9.17) is 36.8 Å². The van der Waals surface area contributed by atoms with Gasteiger partial charge in [0.2, 0.25) is 0 Å². The molecule has 6 nitrogen and oxygen atoms in total. The molecule has 33 heavy (non-hydrogen) atoms. The van der Waals surface area contributed by atoms with E-state index < -0.39 is 0 Å². The summed E-state index contributed by atoms with van der Waals surface area (Å²) in [7, 11) is 1.63. The van der Waals surface area contributed by atoms with Crippen molar-refractivity contribution in [1.82, 2.24) is 9.97 Å². The Kier molecular flexibility index (Phi) is 7.48. The highest BCUT2D eigenvalue weighted by Crippen LogP contribution is 2.38. The van der Waals surface area contributed by atoms with Crippen LogP contribution in [0.25, 0.3) is 11.3 Å². The lowest BCUT2D eigenvalue weighted by atomic mass is 10.1. The molecule has 2 atom stereocenters. The lowest BCUT2D eigenvalue weighted by Gasteiger charge is -2.24. The number of nitrogens with two attached hydrogens (primary N) is 1. The largest absolute Gasteiger partial charge is 0.497 e. The van der Waals surface area contributed by atoms with E-state index in [2.05, 4.69) is 43.4 Å². The Morgan fingerprint density at radius 2 is 1.88 bits per heavy atom. The second-order valence-electron chi connectivity index (χ2n) is 8.09. The molecule has 0 bridgehead atoms. The van der Waals surface area contributed by atoms with Gasteiger partial charge in [0.05, 0.1) is 48.0 Å². The summed E-state index contributed by atoms with van der Waals surface area (Å²) in [4.78, 5) is 10.1. The smallest absolute Gasteiger partial charge is 0.148 e. The zero-order valence-electron chi connectivity index (χ0n) is 19.4. The Morgan fingerprint density at radius 1 is 1.09 bits per heavy atom. The van der Waals surface area contributed by atoms with E-state index in [9.17, 15) is 0 Å². The third-order valence-electron chi connectivity index (χ3n) is 6.07. The summed E-state index contributed by atoms with van der Waals surface area (Å²) in [6, 6.07) is 14.1. The molecular formula is C26H31ClN4O2. The number of halogens is 1. The maximum absolute atomic E-state index is 6.58. The van der Waals surface area contributed by atoms with Gasteiger partial charge in [0.1, 0.15) is 11.6 Å². The molecule has 3 N–H and O–H groups in total. The number of anilines is 1. The first-order valence-corrected chi connectivity index (χ1v) is 11.9. The number of hydrogen-bond donors (Lipinski definition) is 2. The topological polar surface area (TPSA) is 82.3 Å². The maximum Gasteiger partial charge on any atom is 0.148 e. The molecular weight excluding hydrogens is 436 g/mol. The van der Waals surface area contributed by atoms with Crippen molar-refractivity contribution in [3.63, 3.8) is 0 Å². The Balaban J connectivity index is 1.72. The van der Waals surface area contributed by atoms with E-state index in [1.165, 1.54) is 11.1 Å². The second kappa shape index (κ2) is 10.5. The molecule has 0 saturated carbocycles. The number of rotatable bonds is 9. The minimum atomic E-state index is -0.00696. The summed E-state index contributed by atoms with van der Waals surface area (Å²) in [6.45, 7) is 5.19. The number of nitrogens with zero attached hydrogens (tertiary/aromatic N) is 2. The number of nitrogens with one attached hydrogen (secondary N) is 1. The third-order valence-corrected chi connectivity index (χ3v) is 6.38. The van der Waals surface area contributed by atoms with Crippen LogP contribution in [0.3, 0.4) is 0 Å². The van der Waals surface area contributed by atoms with Gasteiger partial charge >= 0.3 is 0 Å². The number of hydrogen-bond acceptors (Lipinski definition) is 6. The number of ether oxygens (including phenoxy) is 2. The Morgan fingerprint density at radius 3 is 2.58 bits per heavy atom. The summed E-state index contributed by atoms with van der Waals surface area (Å²) in [5.41, 5.74) is 11.7. The quantitative estimate of drug-likeness (QED) is 0.462. The predicted octanol–water partition coefficient (Wildman–Crippen LogP) is 4.98. The van der Waals surface area contributed by atoms with Gasteiger partial charge in [0.25, 0.3) is 0 Å². The number of fused-ring (bicyclic) bond motifs is 1. The molecule has 0 saturated heterocycles. The second-order valence-corrected chi connectivity index (χ2v) is 8.50. The van der Waals surface area contributed by atoms with Crippen LogP contribution in [0, 0.1) is 0 Å². The van der Waals surface area contributed by atoms with Crippen molar-refractivity contribution in [3.05, 3.63) is 70.0 Å². The molecule has 0 spiro atoms. The fourth-order valence-corrected chi connectivity index (χ4v) is 4.65. The fraction of sp³-hybridized carbons (Fsp3) is 0.385. The van der Waals surface area contributed by atoms with Gasteiger partial charge in [-0.2, -0.15) is 0 Å². The number of methoxy groups -OCH3 is 1. The molecule has 174 valence electrons. The summed E-state index contributed by atoms with van der Waals surface area (Å²) in [5, 5.41) is 4.27. The van der Waals surface area contributed by atoms with Gasteiger partial charge in [-0.1, -0.05) is 49.7 Å². The molecule has 1 aliphatic rings. The van der Waals surface area contributed by atoms with Crippen LogP contribution in [0.1, 0.15) is 42.4 Å². The van der Waals surface area contributed by atoms with Crippen molar-refractivity contribution >= 4 is 17.4 Å². The summed E-state index contributed by atoms with van der Waals surface area (Å²) in [5.74, 6) is 1.51. The molecule has 0 radical (unpaired) electrons. The summed E-state index contributed by atoms with van der Waals surface area (Å²) in [6.07, 6.45) is 2.32. The molecule has 1 heterocycles. The van der Waals surface area contributed by atoms with Crippen molar-refractivity contribution in [2.24, 2.45) is 5.73 Å². The van der Waals surface area contributed by atoms with Crippen molar-refractivity contribution in [1.29, 1.82) is 0 Å². The zero-order valence-corrected chi connectivity index (χ0v) is 20.2. The van der Waals surface area contributed by atoms with Gasteiger partial charge in [0.15, 0.2) is 0 Å². The normalized spacial score (nSPS) is 17.1. The lowest BCUT2D eigenvalue weighted by molar-refractivity contribution is 0.0532. The molecule has 0 aliphatic heterocycles. The molecule has 1 aromatic heterocycles. The van der Waals surface area contributed by atoms with Gasteiger partial charge in [-0.15, -0.1) is 0 Å². The van der Waals surface area contributed by atoms with E-state index in [1.54, 1.807) is 7.11 Å². The van der Waals surface area contributed by atoms with Crippen molar-refractivity contribution in [2.45, 2.75) is 45.3 Å². The molecule has 4 rings (SSSR count). The van der Waals surface area contributed by atoms with Crippen LogP contribution in [0.15, 0.2) is 42.5 Å². The van der Waals surface area contributed by atoms with E-state index in [0.717, 1.165) is 47.7 Å². The van der Waals surface area contributed by atoms with Crippen LogP contribution in [0.2, 0.25) is 5.02 Å². The van der Waals surface area contributed by atoms with Crippen LogP contribution in [-0.4, -0.2) is 36.3 Å². The molecule has 0 unspecified atom stereocenters. The van der Waals surface area contributed by atoms with Gasteiger partial charge in [-0.3, -0.25) is 0 Å². The van der Waals surface area contributed by atoms with Gasteiger partial charge in [-0.25, -0.2) is 9.97 Å². The van der Waals surface area contributed by atoms with Gasteiger partial charge in [-0.05, 0) is 42.2 Å². The van der Waals surface area contributed by atoms with E-state index >= 15 is 0 Å². The summed E-state index contributed by atoms with van der Waals surface area (Å²) < 4.78 is 11.4. The SMILES string of the molecule is CCc1nc(-c2ccc(OC)cc2Cl)c(CC)nc1N[C@@H]1c2ccccc2C[C@@H]1OCCN. The zero-order chi connectivity index (χ0) is 23.4. The van der Waals surface area contributed by atoms with Crippen molar-refractivity contribution in [2.75, 3.05) is 25.6 Å². The van der Waals surface area contributed by atoms with E-state index in [0.29, 0.717) is 23.9 Å². The average Bonchev–Trinajstić information content (AvgIpc) is 3.19. The predicted molar refractivity (Wildman–Crippen MR) is 133 cm³/mol. The molecule has 0 amide bonds. The van der Waals surface area contributed by atoms with Crippen LogP contribution >= 0.6 is 11.6 Å². The average molecular weight is 467 g/mol. The molecule has 1 aliphatic carbocycles. The fourth-order valence-electron chi connectivity index (χ4n) is 4.39. The minimum Gasteiger partial charge on any atom is -0.497 e. The maximum atomic E-state index is 6.58. The Bertz CT molecular complexity index is 1120. The summed E-state index contributed by atoms with van der Waals surface area (Å²) >= 11 is 6.58. The number of aromatic nitrogens is 2. The van der Waals surface area contributed by atoms with Crippen LogP contribution in [-0.2, 0) is 24.0 Å². The Labute approximate surface area is 200 Å². The molecule has 0 fully saturated rings. The molecule has 7 heteroatoms. The van der Waals surface area contributed by atoms with E-state index in [-0.39, 0.29) is 12.1 Å². The monoisotopic (exact) mass is 466 g/mol. The lowest BCUT2D eigenvalue weighted by Crippen LogP contribution is -2.28. The van der Waals surface area contributed by atoms with Crippen LogP contribution < -0.4 is 15.8 Å². The van der Waals surface area contributed by atoms with Crippen molar-refractivity contribution < 1.29 is 9.47 Å². The molecule has 3 aromatic rings. The number of aryl methyl sites for hydroxylation is 2. The van der Waals surface area contributed by atoms with Crippen LogP contribution in [0.5, 0.6) is 5.75 Å². The van der Waals surface area contributed by atoms with Gasteiger partial charge in [0, 0.05) is 18.5 Å². The Hall–Kier alpha value is -2.67. The van der Waals surface area contributed by atoms with E-state index in [1.807, 2.05) is 18.2 Å². The first-order valence-electron chi connectivity index (χ1n) is 11.5. The highest BCUT2D eigenvalue weighted by atomic mass is 35.5. The minimum absolute atomic E-state index is 0.00163. The molecule has 2 aromatic carbocycles. The highest BCUT2D eigenvalue weighted by molar-refractivity contribution is 6.33. The first kappa shape index (κ1) is 23.5. The standard InChI is InChI=1S/C26H31ClN4O2/c1-4-21-24(19-11-10-17(32-3)15-20(19)27)29-22(5-2)26(30-21)31-25-18-9-7-6-8-16(18)14-23(25)33-13-12-28/h6-11,15,23,25H,4-5,12-14,28H2,1-3H3,(H,30,31)/t23-,25+/m0/s1. The first-order chi connectivity index (χ1) is 16.1. The number of benzene rings is 2. The van der Waals surface area contributed by atoms with Crippen molar-refractivity contribution in [3.8, 4) is 17.0 Å². The van der Waals surface area contributed by atoms with Gasteiger partial charge < -0.3 is 20.5 Å².